The highest BCUT2D eigenvalue weighted by atomic mass is 35.5. The normalized spacial score (nSPS) is 14.6. The molecule has 3 rings (SSSR count). The molecule has 1 aliphatic heterocycles. The van der Waals surface area contributed by atoms with Gasteiger partial charge in [0.15, 0.2) is 0 Å². The third kappa shape index (κ3) is 4.14. The number of ether oxygens (including phenoxy) is 1. The summed E-state index contributed by atoms with van der Waals surface area (Å²) in [6.07, 6.45) is 3.75. The quantitative estimate of drug-likeness (QED) is 0.809. The summed E-state index contributed by atoms with van der Waals surface area (Å²) in [6, 6.07) is 4.52. The van der Waals surface area contributed by atoms with Crippen LogP contribution in [-0.2, 0) is 6.54 Å². The lowest BCUT2D eigenvalue weighted by Gasteiger charge is -2.22. The van der Waals surface area contributed by atoms with Crippen LogP contribution in [-0.4, -0.2) is 38.9 Å². The number of hydrogen-bond donors (Lipinski definition) is 0. The number of allylic oxidation sites excluding steroid dienone is 1. The molecule has 6 nitrogen and oxygen atoms in total. The van der Waals surface area contributed by atoms with E-state index in [4.69, 9.17) is 11.6 Å². The van der Waals surface area contributed by atoms with Crippen molar-refractivity contribution in [2.45, 2.75) is 27.0 Å². The van der Waals surface area contributed by atoms with E-state index in [1.165, 1.54) is 16.8 Å². The van der Waals surface area contributed by atoms with E-state index in [1.807, 2.05) is 24.9 Å². The van der Waals surface area contributed by atoms with Crippen LogP contribution in [0.4, 0.5) is 8.78 Å². The number of alkyl halides is 2. The number of benzene rings is 1. The zero-order chi connectivity index (χ0) is 18.0. The van der Waals surface area contributed by atoms with E-state index in [-0.39, 0.29) is 10.8 Å². The molecule has 2 aromatic rings. The fourth-order valence-electron chi connectivity index (χ4n) is 2.35. The highest BCUT2D eigenvalue weighted by molar-refractivity contribution is 6.32. The summed E-state index contributed by atoms with van der Waals surface area (Å²) in [6.45, 7) is 2.13. The lowest BCUT2D eigenvalue weighted by atomic mass is 10.2. The van der Waals surface area contributed by atoms with Gasteiger partial charge in [-0.1, -0.05) is 16.8 Å². The molecule has 132 valence electrons. The third-order valence-electron chi connectivity index (χ3n) is 3.74. The number of aromatic nitrogens is 3. The second-order valence-electron chi connectivity index (χ2n) is 5.59. The lowest BCUT2D eigenvalue weighted by Crippen LogP contribution is -2.23. The van der Waals surface area contributed by atoms with Crippen molar-refractivity contribution in [2.24, 2.45) is 4.99 Å². The average molecular weight is 368 g/mol. The molecule has 1 aromatic carbocycles. The van der Waals surface area contributed by atoms with E-state index < -0.39 is 6.61 Å². The van der Waals surface area contributed by atoms with Gasteiger partial charge in [0.05, 0.1) is 23.5 Å². The Kier molecular flexibility index (Phi) is 4.98. The Hall–Kier alpha value is -2.48. The minimum absolute atomic E-state index is 0.103. The minimum atomic E-state index is -2.95. The molecule has 0 saturated heterocycles. The molecule has 0 amide bonds. The fraction of sp³-hybridized carbons (Fsp3) is 0.312. The summed E-state index contributed by atoms with van der Waals surface area (Å²) in [7, 11) is 0. The van der Waals surface area contributed by atoms with Gasteiger partial charge in [0.1, 0.15) is 18.1 Å². The molecule has 0 atom stereocenters. The van der Waals surface area contributed by atoms with Crippen LogP contribution in [0.2, 0.25) is 5.02 Å². The molecule has 0 spiro atoms. The molecule has 0 unspecified atom stereocenters. The molecular weight excluding hydrogens is 352 g/mol. The van der Waals surface area contributed by atoms with E-state index in [0.717, 1.165) is 17.0 Å². The second-order valence-corrected chi connectivity index (χ2v) is 6.00. The van der Waals surface area contributed by atoms with Gasteiger partial charge in [0, 0.05) is 18.0 Å². The number of hydrogen-bond acceptors (Lipinski definition) is 5. The number of nitrogens with zero attached hydrogens (tertiary/aromatic N) is 5. The lowest BCUT2D eigenvalue weighted by molar-refractivity contribution is -0.0497. The molecule has 0 aliphatic carbocycles. The summed E-state index contributed by atoms with van der Waals surface area (Å²) < 4.78 is 30.7. The van der Waals surface area contributed by atoms with Crippen molar-refractivity contribution in [1.82, 2.24) is 19.9 Å². The van der Waals surface area contributed by atoms with Crippen molar-refractivity contribution in [3.63, 3.8) is 0 Å². The highest BCUT2D eigenvalue weighted by Crippen LogP contribution is 2.28. The van der Waals surface area contributed by atoms with Crippen LogP contribution in [0.5, 0.6) is 5.75 Å². The summed E-state index contributed by atoms with van der Waals surface area (Å²) in [4.78, 5) is 6.44. The molecule has 2 heterocycles. The largest absolute Gasteiger partial charge is 0.433 e. The van der Waals surface area contributed by atoms with E-state index in [1.54, 1.807) is 12.3 Å². The van der Waals surface area contributed by atoms with Crippen LogP contribution in [0, 0.1) is 0 Å². The Bertz CT molecular complexity index is 834. The van der Waals surface area contributed by atoms with E-state index >= 15 is 0 Å². The first kappa shape index (κ1) is 17.3. The van der Waals surface area contributed by atoms with Gasteiger partial charge in [-0.15, -0.1) is 5.10 Å². The van der Waals surface area contributed by atoms with Crippen LogP contribution >= 0.6 is 11.6 Å². The Morgan fingerprint density at radius 3 is 2.84 bits per heavy atom. The Labute approximate surface area is 148 Å². The monoisotopic (exact) mass is 367 g/mol. The average Bonchev–Trinajstić information content (AvgIpc) is 3.01. The van der Waals surface area contributed by atoms with Crippen LogP contribution in [0.3, 0.4) is 0 Å². The molecule has 0 N–H and O–H groups in total. The molecule has 9 heteroatoms. The van der Waals surface area contributed by atoms with Gasteiger partial charge in [0.2, 0.25) is 0 Å². The van der Waals surface area contributed by atoms with Crippen molar-refractivity contribution in [3.05, 3.63) is 46.9 Å². The van der Waals surface area contributed by atoms with Crippen LogP contribution in [0.15, 0.2) is 41.2 Å². The number of aliphatic imine (C=N–C) groups is 1. The van der Waals surface area contributed by atoms with E-state index in [0.29, 0.717) is 18.9 Å². The predicted octanol–water partition coefficient (Wildman–Crippen LogP) is 3.66. The van der Waals surface area contributed by atoms with Crippen molar-refractivity contribution in [1.29, 1.82) is 0 Å². The highest BCUT2D eigenvalue weighted by Gasteiger charge is 2.13. The van der Waals surface area contributed by atoms with E-state index in [2.05, 4.69) is 20.0 Å². The minimum Gasteiger partial charge on any atom is -0.433 e. The number of rotatable bonds is 5. The number of halogens is 3. The molecular formula is C16H16ClF2N5O. The summed E-state index contributed by atoms with van der Waals surface area (Å²) in [5, 5.41) is 8.25. The van der Waals surface area contributed by atoms with Crippen LogP contribution < -0.4 is 4.74 Å². The maximum absolute atomic E-state index is 12.4. The summed E-state index contributed by atoms with van der Waals surface area (Å²) >= 11 is 5.86. The Morgan fingerprint density at radius 2 is 2.12 bits per heavy atom. The van der Waals surface area contributed by atoms with Gasteiger partial charge >= 0.3 is 6.61 Å². The van der Waals surface area contributed by atoms with Gasteiger partial charge in [-0.05, 0) is 31.6 Å². The zero-order valence-electron chi connectivity index (χ0n) is 13.7. The second kappa shape index (κ2) is 7.18. The summed E-state index contributed by atoms with van der Waals surface area (Å²) in [5.41, 5.74) is 3.38. The molecule has 0 bridgehead atoms. The van der Waals surface area contributed by atoms with Crippen molar-refractivity contribution in [3.8, 4) is 11.4 Å². The van der Waals surface area contributed by atoms with Crippen molar-refractivity contribution in [2.75, 3.05) is 6.67 Å². The summed E-state index contributed by atoms with van der Waals surface area (Å²) in [5.74, 6) is -0.106. The van der Waals surface area contributed by atoms with Gasteiger partial charge < -0.3 is 9.64 Å². The predicted molar refractivity (Wildman–Crippen MR) is 90.3 cm³/mol. The molecule has 1 aliphatic rings. The standard InChI is InChI=1S/C16H16ClF2N5O/c1-10-6-23(9-20-11(10)2)7-12-8-24(22-21-12)13-3-4-14(17)15(5-13)25-16(18)19/h3-6,8,16H,7,9H2,1-2H3. The topological polar surface area (TPSA) is 55.5 Å². The molecule has 0 fully saturated rings. The SMILES string of the molecule is CC1=CN(Cc2cn(-c3ccc(Cl)c(OC(F)F)c3)nn2)CN=C1C. The smallest absolute Gasteiger partial charge is 0.387 e. The molecule has 0 radical (unpaired) electrons. The molecule has 25 heavy (non-hydrogen) atoms. The van der Waals surface area contributed by atoms with Gasteiger partial charge in [-0.25, -0.2) is 4.68 Å². The Morgan fingerprint density at radius 1 is 1.32 bits per heavy atom. The molecule has 1 aromatic heterocycles. The third-order valence-corrected chi connectivity index (χ3v) is 4.05. The first-order valence-corrected chi connectivity index (χ1v) is 7.90. The maximum atomic E-state index is 12.4. The fourth-order valence-corrected chi connectivity index (χ4v) is 2.51. The van der Waals surface area contributed by atoms with E-state index in [9.17, 15) is 8.78 Å². The van der Waals surface area contributed by atoms with Gasteiger partial charge in [-0.2, -0.15) is 8.78 Å². The van der Waals surface area contributed by atoms with Crippen molar-refractivity contribution >= 4 is 17.3 Å². The van der Waals surface area contributed by atoms with Crippen LogP contribution in [0.1, 0.15) is 19.5 Å². The zero-order valence-corrected chi connectivity index (χ0v) is 14.4. The molecule has 0 saturated carbocycles. The maximum Gasteiger partial charge on any atom is 0.387 e. The first-order chi connectivity index (χ1) is 11.9. The van der Waals surface area contributed by atoms with Gasteiger partial charge in [-0.3, -0.25) is 4.99 Å². The first-order valence-electron chi connectivity index (χ1n) is 7.52. The Balaban J connectivity index is 1.76. The van der Waals surface area contributed by atoms with Crippen molar-refractivity contribution < 1.29 is 13.5 Å². The van der Waals surface area contributed by atoms with Gasteiger partial charge in [0.25, 0.3) is 0 Å². The van der Waals surface area contributed by atoms with Crippen LogP contribution in [0.25, 0.3) is 5.69 Å².